The number of amides is 2. The SMILES string of the molecule is CCc1nc(C2CCCN2C(=O)COc2cccc(C(N)=O)c2)no1. The van der Waals surface area contributed by atoms with Crippen molar-refractivity contribution in [2.45, 2.75) is 32.2 Å². The number of hydrogen-bond acceptors (Lipinski definition) is 6. The molecule has 2 heterocycles. The van der Waals surface area contributed by atoms with Gasteiger partial charge in [0.15, 0.2) is 12.4 Å². The Bertz CT molecular complexity index is 774. The summed E-state index contributed by atoms with van der Waals surface area (Å²) in [6, 6.07) is 6.26. The molecule has 0 saturated carbocycles. The molecule has 1 aliphatic rings. The van der Waals surface area contributed by atoms with Gasteiger partial charge >= 0.3 is 0 Å². The Balaban J connectivity index is 1.64. The molecule has 3 rings (SSSR count). The minimum Gasteiger partial charge on any atom is -0.484 e. The Hall–Kier alpha value is -2.90. The van der Waals surface area contributed by atoms with Crippen molar-refractivity contribution in [2.24, 2.45) is 5.73 Å². The summed E-state index contributed by atoms with van der Waals surface area (Å²) >= 11 is 0. The van der Waals surface area contributed by atoms with Gasteiger partial charge in [-0.05, 0) is 31.0 Å². The molecule has 1 aromatic carbocycles. The maximum atomic E-state index is 12.5. The minimum absolute atomic E-state index is 0.128. The molecule has 1 fully saturated rings. The number of carbonyl (C=O) groups is 2. The Kier molecular flexibility index (Phi) is 4.97. The van der Waals surface area contributed by atoms with Crippen LogP contribution >= 0.6 is 0 Å². The third-order valence-electron chi connectivity index (χ3n) is 4.14. The molecule has 0 bridgehead atoms. The minimum atomic E-state index is -0.541. The first kappa shape index (κ1) is 16.9. The highest BCUT2D eigenvalue weighted by Crippen LogP contribution is 2.30. The predicted molar refractivity (Wildman–Crippen MR) is 87.8 cm³/mol. The molecule has 8 heteroatoms. The second-order valence-electron chi connectivity index (χ2n) is 5.83. The van der Waals surface area contributed by atoms with Crippen LogP contribution in [0.4, 0.5) is 0 Å². The number of benzene rings is 1. The molecular formula is C17H20N4O4. The van der Waals surface area contributed by atoms with Crippen LogP contribution in [0.15, 0.2) is 28.8 Å². The number of nitrogens with zero attached hydrogens (tertiary/aromatic N) is 3. The van der Waals surface area contributed by atoms with Crippen molar-refractivity contribution >= 4 is 11.8 Å². The van der Waals surface area contributed by atoms with Gasteiger partial charge in [0.25, 0.3) is 5.91 Å². The summed E-state index contributed by atoms with van der Waals surface area (Å²) in [5.41, 5.74) is 5.58. The number of likely N-dealkylation sites (tertiary alicyclic amines) is 1. The number of carbonyl (C=O) groups excluding carboxylic acids is 2. The van der Waals surface area contributed by atoms with Crippen LogP contribution in [0.5, 0.6) is 5.75 Å². The number of nitrogens with two attached hydrogens (primary N) is 1. The molecule has 8 nitrogen and oxygen atoms in total. The quantitative estimate of drug-likeness (QED) is 0.849. The molecule has 0 aliphatic carbocycles. The lowest BCUT2D eigenvalue weighted by atomic mass is 10.2. The van der Waals surface area contributed by atoms with E-state index in [1.54, 1.807) is 23.1 Å². The van der Waals surface area contributed by atoms with Gasteiger partial charge in [0.1, 0.15) is 5.75 Å². The van der Waals surface area contributed by atoms with Gasteiger partial charge in [0, 0.05) is 18.5 Å². The standard InChI is InChI=1S/C17H20N4O4/c1-2-14-19-17(20-25-14)13-7-4-8-21(13)15(22)10-24-12-6-3-5-11(9-12)16(18)23/h3,5-6,9,13H,2,4,7-8,10H2,1H3,(H2,18,23). The first-order valence-electron chi connectivity index (χ1n) is 8.23. The molecule has 1 aliphatic heterocycles. The Labute approximate surface area is 144 Å². The van der Waals surface area contributed by atoms with E-state index in [1.807, 2.05) is 6.92 Å². The zero-order chi connectivity index (χ0) is 17.8. The van der Waals surface area contributed by atoms with Gasteiger partial charge in [0.05, 0.1) is 6.04 Å². The summed E-state index contributed by atoms with van der Waals surface area (Å²) in [5, 5.41) is 3.98. The molecular weight excluding hydrogens is 324 g/mol. The summed E-state index contributed by atoms with van der Waals surface area (Å²) < 4.78 is 10.7. The topological polar surface area (TPSA) is 112 Å². The molecule has 132 valence electrons. The number of primary amides is 1. The number of aromatic nitrogens is 2. The maximum Gasteiger partial charge on any atom is 0.261 e. The van der Waals surface area contributed by atoms with Crippen LogP contribution in [0, 0.1) is 0 Å². The van der Waals surface area contributed by atoms with Crippen molar-refractivity contribution in [2.75, 3.05) is 13.2 Å². The molecule has 0 radical (unpaired) electrons. The lowest BCUT2D eigenvalue weighted by Crippen LogP contribution is -2.34. The fraction of sp³-hybridized carbons (Fsp3) is 0.412. The van der Waals surface area contributed by atoms with Crippen LogP contribution in [-0.2, 0) is 11.2 Å². The van der Waals surface area contributed by atoms with Gasteiger partial charge < -0.3 is 19.9 Å². The van der Waals surface area contributed by atoms with Crippen LogP contribution in [0.1, 0.15) is 47.9 Å². The van der Waals surface area contributed by atoms with Crippen molar-refractivity contribution in [3.8, 4) is 5.75 Å². The Morgan fingerprint density at radius 2 is 2.28 bits per heavy atom. The molecule has 1 unspecified atom stereocenters. The summed E-state index contributed by atoms with van der Waals surface area (Å²) in [5.74, 6) is 0.829. The zero-order valence-corrected chi connectivity index (χ0v) is 14.0. The van der Waals surface area contributed by atoms with E-state index < -0.39 is 5.91 Å². The average molecular weight is 344 g/mol. The van der Waals surface area contributed by atoms with Crippen molar-refractivity contribution in [1.29, 1.82) is 0 Å². The molecule has 25 heavy (non-hydrogen) atoms. The third-order valence-corrected chi connectivity index (χ3v) is 4.14. The van der Waals surface area contributed by atoms with Crippen LogP contribution in [0.25, 0.3) is 0 Å². The molecule has 2 N–H and O–H groups in total. The third kappa shape index (κ3) is 3.78. The second-order valence-corrected chi connectivity index (χ2v) is 5.83. The highest BCUT2D eigenvalue weighted by Gasteiger charge is 2.33. The first-order chi connectivity index (χ1) is 12.1. The molecule has 1 aromatic heterocycles. The van der Waals surface area contributed by atoms with Crippen molar-refractivity contribution < 1.29 is 18.8 Å². The van der Waals surface area contributed by atoms with Crippen molar-refractivity contribution in [3.05, 3.63) is 41.5 Å². The van der Waals surface area contributed by atoms with Gasteiger partial charge in [0.2, 0.25) is 11.8 Å². The molecule has 2 amide bonds. The summed E-state index contributed by atoms with van der Waals surface area (Å²) in [6.45, 7) is 2.43. The Morgan fingerprint density at radius 3 is 3.00 bits per heavy atom. The van der Waals surface area contributed by atoms with Gasteiger partial charge in [-0.15, -0.1) is 0 Å². The smallest absolute Gasteiger partial charge is 0.261 e. The van der Waals surface area contributed by atoms with E-state index in [4.69, 9.17) is 15.0 Å². The van der Waals surface area contributed by atoms with Gasteiger partial charge in [-0.3, -0.25) is 9.59 Å². The van der Waals surface area contributed by atoms with Crippen LogP contribution in [-0.4, -0.2) is 40.0 Å². The zero-order valence-electron chi connectivity index (χ0n) is 14.0. The van der Waals surface area contributed by atoms with E-state index in [-0.39, 0.29) is 18.6 Å². The molecule has 1 atom stereocenters. The first-order valence-corrected chi connectivity index (χ1v) is 8.23. The van der Waals surface area contributed by atoms with E-state index in [0.717, 1.165) is 12.8 Å². The highest BCUT2D eigenvalue weighted by atomic mass is 16.5. The lowest BCUT2D eigenvalue weighted by molar-refractivity contribution is -0.134. The molecule has 0 spiro atoms. The van der Waals surface area contributed by atoms with Crippen molar-refractivity contribution in [3.63, 3.8) is 0 Å². The Morgan fingerprint density at radius 1 is 1.44 bits per heavy atom. The van der Waals surface area contributed by atoms with Crippen molar-refractivity contribution in [1.82, 2.24) is 15.0 Å². The fourth-order valence-electron chi connectivity index (χ4n) is 2.85. The molecule has 1 saturated heterocycles. The predicted octanol–water partition coefficient (Wildman–Crippen LogP) is 1.47. The van der Waals surface area contributed by atoms with Crippen LogP contribution in [0.3, 0.4) is 0 Å². The number of aryl methyl sites for hydroxylation is 1. The second kappa shape index (κ2) is 7.33. The fourth-order valence-corrected chi connectivity index (χ4v) is 2.85. The van der Waals surface area contributed by atoms with E-state index in [1.165, 1.54) is 6.07 Å². The number of hydrogen-bond donors (Lipinski definition) is 1. The van der Waals surface area contributed by atoms with Gasteiger partial charge in [-0.2, -0.15) is 4.98 Å². The lowest BCUT2D eigenvalue weighted by Gasteiger charge is -2.22. The van der Waals surface area contributed by atoms with Gasteiger partial charge in [-0.25, -0.2) is 0 Å². The summed E-state index contributed by atoms with van der Waals surface area (Å²) in [4.78, 5) is 29.8. The largest absolute Gasteiger partial charge is 0.484 e. The highest BCUT2D eigenvalue weighted by molar-refractivity contribution is 5.93. The number of rotatable bonds is 6. The van der Waals surface area contributed by atoms with Gasteiger partial charge in [-0.1, -0.05) is 18.1 Å². The average Bonchev–Trinajstić information content (AvgIpc) is 3.28. The summed E-state index contributed by atoms with van der Waals surface area (Å²) in [6.07, 6.45) is 2.34. The monoisotopic (exact) mass is 344 g/mol. The molecule has 2 aromatic rings. The number of ether oxygens (including phenoxy) is 1. The normalized spacial score (nSPS) is 16.8. The van der Waals surface area contributed by atoms with Crippen LogP contribution < -0.4 is 10.5 Å². The van der Waals surface area contributed by atoms with Crippen LogP contribution in [0.2, 0.25) is 0 Å². The van der Waals surface area contributed by atoms with E-state index in [9.17, 15) is 9.59 Å². The van der Waals surface area contributed by atoms with E-state index in [2.05, 4.69) is 10.1 Å². The van der Waals surface area contributed by atoms with E-state index >= 15 is 0 Å². The maximum absolute atomic E-state index is 12.5. The van der Waals surface area contributed by atoms with E-state index in [0.29, 0.717) is 36.0 Å². The summed E-state index contributed by atoms with van der Waals surface area (Å²) in [7, 11) is 0.